The summed E-state index contributed by atoms with van der Waals surface area (Å²) in [5.41, 5.74) is 1.66. The maximum atomic E-state index is 8.48. The summed E-state index contributed by atoms with van der Waals surface area (Å²) in [4.78, 5) is 0. The van der Waals surface area contributed by atoms with Crippen LogP contribution in [0.2, 0.25) is 10.0 Å². The van der Waals surface area contributed by atoms with E-state index in [1.54, 1.807) is 18.2 Å². The van der Waals surface area contributed by atoms with Gasteiger partial charge < -0.3 is 0 Å². The van der Waals surface area contributed by atoms with Gasteiger partial charge in [0, 0.05) is 0 Å². The van der Waals surface area contributed by atoms with Gasteiger partial charge in [0.1, 0.15) is 6.07 Å². The van der Waals surface area contributed by atoms with Crippen molar-refractivity contribution in [3.05, 3.63) is 69.7 Å². The van der Waals surface area contributed by atoms with Gasteiger partial charge in [-0.15, -0.1) is 0 Å². The normalized spacial score (nSPS) is 8.82. The maximum Gasteiger partial charge on any atom is 0.102 e. The van der Waals surface area contributed by atoms with E-state index in [-0.39, 0.29) is 0 Å². The van der Waals surface area contributed by atoms with Gasteiger partial charge in [0.2, 0.25) is 0 Å². The molecule has 0 spiro atoms. The lowest BCUT2D eigenvalue weighted by Gasteiger charge is -1.94. The Morgan fingerprint density at radius 3 is 1.71 bits per heavy atom. The lowest BCUT2D eigenvalue weighted by Crippen LogP contribution is -1.76. The molecule has 1 nitrogen and oxygen atoms in total. The molecular formula is C14H11Cl2N. The number of aryl methyl sites for hydroxylation is 1. The van der Waals surface area contributed by atoms with Gasteiger partial charge in [-0.2, -0.15) is 5.26 Å². The number of nitriles is 1. The summed E-state index contributed by atoms with van der Waals surface area (Å²) < 4.78 is 0. The number of nitrogens with zero attached hydrogens (tertiary/aromatic N) is 1. The average Bonchev–Trinajstić information content (AvgIpc) is 2.31. The molecule has 0 fully saturated rings. The second kappa shape index (κ2) is 6.96. The van der Waals surface area contributed by atoms with Crippen molar-refractivity contribution in [2.24, 2.45) is 0 Å². The Kier molecular flexibility index (Phi) is 5.56. The van der Waals surface area contributed by atoms with Gasteiger partial charge in [-0.3, -0.25) is 0 Å². The van der Waals surface area contributed by atoms with Crippen LogP contribution >= 0.6 is 23.2 Å². The predicted octanol–water partition coefficient (Wildman–Crippen LogP) is 4.86. The standard InChI is InChI=1S/C7H3Cl2N.C7H8/c8-6-2-1-3-7(9)5(6)4-10;1-7-5-3-2-4-6-7/h1-3H;2-6H,1H3. The summed E-state index contributed by atoms with van der Waals surface area (Å²) in [7, 11) is 0. The number of hydrogen-bond acceptors (Lipinski definition) is 1. The minimum atomic E-state index is 0.339. The molecule has 17 heavy (non-hydrogen) atoms. The molecule has 0 aliphatic heterocycles. The lowest BCUT2D eigenvalue weighted by atomic mass is 10.2. The molecule has 0 aromatic heterocycles. The van der Waals surface area contributed by atoms with Crippen molar-refractivity contribution in [1.29, 1.82) is 5.26 Å². The Labute approximate surface area is 111 Å². The third kappa shape index (κ3) is 4.48. The molecule has 0 amide bonds. The first-order valence-electron chi connectivity index (χ1n) is 5.01. The molecule has 2 aromatic rings. The fourth-order valence-corrected chi connectivity index (χ4v) is 1.62. The van der Waals surface area contributed by atoms with Crippen molar-refractivity contribution in [2.75, 3.05) is 0 Å². The van der Waals surface area contributed by atoms with Gasteiger partial charge in [0.05, 0.1) is 15.6 Å². The molecule has 0 bridgehead atoms. The van der Waals surface area contributed by atoms with E-state index in [0.29, 0.717) is 15.6 Å². The van der Waals surface area contributed by atoms with Crippen LogP contribution in [0.5, 0.6) is 0 Å². The molecule has 0 aliphatic carbocycles. The highest BCUT2D eigenvalue weighted by atomic mass is 35.5. The van der Waals surface area contributed by atoms with Crippen LogP contribution in [0.3, 0.4) is 0 Å². The largest absolute Gasteiger partial charge is 0.192 e. The molecule has 0 N–H and O–H groups in total. The third-order valence-corrected chi connectivity index (χ3v) is 2.64. The van der Waals surface area contributed by atoms with Crippen molar-refractivity contribution in [3.8, 4) is 6.07 Å². The van der Waals surface area contributed by atoms with Crippen LogP contribution in [0.25, 0.3) is 0 Å². The highest BCUT2D eigenvalue weighted by Gasteiger charge is 2.01. The van der Waals surface area contributed by atoms with Crippen LogP contribution in [0.4, 0.5) is 0 Å². The molecule has 2 rings (SSSR count). The van der Waals surface area contributed by atoms with Crippen LogP contribution in [0.1, 0.15) is 11.1 Å². The van der Waals surface area contributed by atoms with E-state index in [1.165, 1.54) is 5.56 Å². The van der Waals surface area contributed by atoms with Crippen molar-refractivity contribution in [1.82, 2.24) is 0 Å². The zero-order valence-corrected chi connectivity index (χ0v) is 10.8. The number of halogens is 2. The molecule has 3 heteroatoms. The van der Waals surface area contributed by atoms with Gasteiger partial charge in [-0.05, 0) is 19.1 Å². The molecular weight excluding hydrogens is 253 g/mol. The molecule has 0 atom stereocenters. The van der Waals surface area contributed by atoms with Gasteiger partial charge in [0.15, 0.2) is 0 Å². The van der Waals surface area contributed by atoms with E-state index in [1.807, 2.05) is 24.3 Å². The first-order valence-corrected chi connectivity index (χ1v) is 5.76. The van der Waals surface area contributed by atoms with Gasteiger partial charge in [0.25, 0.3) is 0 Å². The Morgan fingerprint density at radius 1 is 0.882 bits per heavy atom. The Hall–Kier alpha value is -1.49. The van der Waals surface area contributed by atoms with E-state index in [2.05, 4.69) is 19.1 Å². The fraction of sp³-hybridized carbons (Fsp3) is 0.0714. The molecule has 0 saturated carbocycles. The zero-order chi connectivity index (χ0) is 12.7. The molecule has 86 valence electrons. The predicted molar refractivity (Wildman–Crippen MR) is 72.4 cm³/mol. The Bertz CT molecular complexity index is 495. The zero-order valence-electron chi connectivity index (χ0n) is 9.32. The minimum absolute atomic E-state index is 0.339. The van der Waals surface area contributed by atoms with Crippen LogP contribution in [0.15, 0.2) is 48.5 Å². The first kappa shape index (κ1) is 13.6. The van der Waals surface area contributed by atoms with E-state index >= 15 is 0 Å². The molecule has 2 aromatic carbocycles. The van der Waals surface area contributed by atoms with Crippen molar-refractivity contribution >= 4 is 23.2 Å². The molecule has 0 unspecified atom stereocenters. The van der Waals surface area contributed by atoms with Crippen molar-refractivity contribution < 1.29 is 0 Å². The molecule has 0 aliphatic rings. The Balaban J connectivity index is 0.000000181. The number of benzene rings is 2. The highest BCUT2D eigenvalue weighted by Crippen LogP contribution is 2.22. The average molecular weight is 264 g/mol. The Morgan fingerprint density at radius 2 is 1.41 bits per heavy atom. The summed E-state index contributed by atoms with van der Waals surface area (Å²) in [6.07, 6.45) is 0. The molecule has 0 radical (unpaired) electrons. The summed E-state index contributed by atoms with van der Waals surface area (Å²) in [6, 6.07) is 17.1. The second-order valence-electron chi connectivity index (χ2n) is 3.36. The van der Waals surface area contributed by atoms with E-state index in [0.717, 1.165) is 0 Å². The van der Waals surface area contributed by atoms with Crippen LogP contribution in [-0.2, 0) is 0 Å². The third-order valence-electron chi connectivity index (χ3n) is 2.02. The minimum Gasteiger partial charge on any atom is -0.192 e. The smallest absolute Gasteiger partial charge is 0.102 e. The monoisotopic (exact) mass is 263 g/mol. The van der Waals surface area contributed by atoms with Crippen LogP contribution < -0.4 is 0 Å². The number of rotatable bonds is 0. The lowest BCUT2D eigenvalue weighted by molar-refractivity contribution is 1.48. The molecule has 0 heterocycles. The van der Waals surface area contributed by atoms with Gasteiger partial charge in [-0.1, -0.05) is 65.2 Å². The van der Waals surface area contributed by atoms with Crippen LogP contribution in [-0.4, -0.2) is 0 Å². The SMILES string of the molecule is Cc1ccccc1.N#Cc1c(Cl)cccc1Cl. The topological polar surface area (TPSA) is 23.8 Å². The van der Waals surface area contributed by atoms with Crippen molar-refractivity contribution in [2.45, 2.75) is 6.92 Å². The maximum absolute atomic E-state index is 8.48. The summed E-state index contributed by atoms with van der Waals surface area (Å²) >= 11 is 11.2. The molecule has 0 saturated heterocycles. The second-order valence-corrected chi connectivity index (χ2v) is 4.18. The highest BCUT2D eigenvalue weighted by molar-refractivity contribution is 6.36. The quantitative estimate of drug-likeness (QED) is 0.666. The summed E-state index contributed by atoms with van der Waals surface area (Å²) in [5, 5.41) is 9.28. The summed E-state index contributed by atoms with van der Waals surface area (Å²) in [6.45, 7) is 2.08. The van der Waals surface area contributed by atoms with E-state index in [4.69, 9.17) is 28.5 Å². The van der Waals surface area contributed by atoms with Crippen molar-refractivity contribution in [3.63, 3.8) is 0 Å². The fourth-order valence-electron chi connectivity index (χ4n) is 1.14. The van der Waals surface area contributed by atoms with Gasteiger partial charge in [-0.25, -0.2) is 0 Å². The first-order chi connectivity index (χ1) is 8.15. The van der Waals surface area contributed by atoms with Crippen LogP contribution in [0, 0.1) is 18.3 Å². The summed E-state index contributed by atoms with van der Waals surface area (Å²) in [5.74, 6) is 0. The number of hydrogen-bond donors (Lipinski definition) is 0. The van der Waals surface area contributed by atoms with E-state index < -0.39 is 0 Å². The van der Waals surface area contributed by atoms with Gasteiger partial charge >= 0.3 is 0 Å². The van der Waals surface area contributed by atoms with E-state index in [9.17, 15) is 0 Å².